The van der Waals surface area contributed by atoms with Crippen molar-refractivity contribution in [1.29, 1.82) is 0 Å². The van der Waals surface area contributed by atoms with Crippen LogP contribution in [0.5, 0.6) is 0 Å². The lowest BCUT2D eigenvalue weighted by molar-refractivity contribution is 0.190. The first-order valence-corrected chi connectivity index (χ1v) is 5.24. The van der Waals surface area contributed by atoms with Crippen molar-refractivity contribution >= 4 is 0 Å². The van der Waals surface area contributed by atoms with Gasteiger partial charge < -0.3 is 10.4 Å². The summed E-state index contributed by atoms with van der Waals surface area (Å²) in [6.07, 6.45) is 0.962. The van der Waals surface area contributed by atoms with Gasteiger partial charge in [0.2, 0.25) is 0 Å². The average molecular weight is 191 g/mol. The maximum absolute atomic E-state index is 9.12. The summed E-state index contributed by atoms with van der Waals surface area (Å²) in [6.45, 7) is 2.51. The molecule has 0 spiro atoms. The molecule has 2 nitrogen and oxygen atoms in total. The quantitative estimate of drug-likeness (QED) is 0.756. The number of nitrogens with one attached hydrogen (secondary N) is 1. The van der Waals surface area contributed by atoms with Gasteiger partial charge in [-0.15, -0.1) is 0 Å². The molecule has 1 aliphatic rings. The Morgan fingerprint density at radius 1 is 1.43 bits per heavy atom. The van der Waals surface area contributed by atoms with Gasteiger partial charge in [0.15, 0.2) is 0 Å². The molecule has 0 bridgehead atoms. The third-order valence-electron chi connectivity index (χ3n) is 2.69. The molecule has 0 heterocycles. The van der Waals surface area contributed by atoms with Crippen molar-refractivity contribution in [3.63, 3.8) is 0 Å². The topological polar surface area (TPSA) is 32.3 Å². The van der Waals surface area contributed by atoms with Gasteiger partial charge in [-0.3, -0.25) is 0 Å². The van der Waals surface area contributed by atoms with Crippen molar-refractivity contribution in [2.24, 2.45) is 0 Å². The van der Waals surface area contributed by atoms with Gasteiger partial charge in [0, 0.05) is 18.5 Å². The van der Waals surface area contributed by atoms with E-state index in [4.69, 9.17) is 5.11 Å². The highest BCUT2D eigenvalue weighted by atomic mass is 16.3. The van der Waals surface area contributed by atoms with Crippen molar-refractivity contribution in [1.82, 2.24) is 5.32 Å². The van der Waals surface area contributed by atoms with Crippen LogP contribution in [0.4, 0.5) is 0 Å². The molecule has 0 aliphatic heterocycles. The number of hydrogen-bond donors (Lipinski definition) is 2. The minimum atomic E-state index is -0.243. The lowest BCUT2D eigenvalue weighted by atomic mass is 10.1. The molecule has 0 aromatic heterocycles. The van der Waals surface area contributed by atoms with E-state index in [1.54, 1.807) is 0 Å². The van der Waals surface area contributed by atoms with E-state index < -0.39 is 0 Å². The van der Waals surface area contributed by atoms with E-state index >= 15 is 0 Å². The second-order valence-electron chi connectivity index (χ2n) is 4.12. The fourth-order valence-corrected chi connectivity index (χ4v) is 1.81. The smallest absolute Gasteiger partial charge is 0.0636 e. The molecular weight excluding hydrogens is 174 g/mol. The fourth-order valence-electron chi connectivity index (χ4n) is 1.81. The lowest BCUT2D eigenvalue weighted by Crippen LogP contribution is -2.27. The van der Waals surface area contributed by atoms with Crippen LogP contribution in [0.2, 0.25) is 0 Å². The second kappa shape index (κ2) is 4.11. The molecule has 0 saturated heterocycles. The first kappa shape index (κ1) is 9.69. The molecular formula is C12H17NO. The monoisotopic (exact) mass is 191 g/mol. The Morgan fingerprint density at radius 3 is 2.79 bits per heavy atom. The van der Waals surface area contributed by atoms with Gasteiger partial charge in [0.05, 0.1) is 6.10 Å². The Kier molecular flexibility index (Phi) is 2.85. The summed E-state index contributed by atoms with van der Waals surface area (Å²) >= 11 is 0. The van der Waals surface area contributed by atoms with Crippen LogP contribution in [0, 0.1) is 0 Å². The zero-order valence-electron chi connectivity index (χ0n) is 8.48. The SMILES string of the molecule is C[C@@H](O)CNC1CC1c1ccccc1. The molecule has 76 valence electrons. The molecule has 1 saturated carbocycles. The van der Waals surface area contributed by atoms with Crippen molar-refractivity contribution in [2.45, 2.75) is 31.4 Å². The number of benzene rings is 1. The van der Waals surface area contributed by atoms with Crippen LogP contribution in [-0.4, -0.2) is 23.8 Å². The Labute approximate surface area is 85.0 Å². The Hall–Kier alpha value is -0.860. The number of hydrogen-bond acceptors (Lipinski definition) is 2. The van der Waals surface area contributed by atoms with E-state index in [2.05, 4.69) is 29.6 Å². The van der Waals surface area contributed by atoms with Crippen LogP contribution >= 0.6 is 0 Å². The predicted molar refractivity (Wildman–Crippen MR) is 57.3 cm³/mol. The highest BCUT2D eigenvalue weighted by Gasteiger charge is 2.37. The summed E-state index contributed by atoms with van der Waals surface area (Å²) in [6, 6.07) is 11.1. The van der Waals surface area contributed by atoms with Gasteiger partial charge >= 0.3 is 0 Å². The molecule has 1 aliphatic carbocycles. The number of aliphatic hydroxyl groups excluding tert-OH is 1. The van der Waals surface area contributed by atoms with Crippen LogP contribution < -0.4 is 5.32 Å². The normalized spacial score (nSPS) is 27.3. The molecule has 3 atom stereocenters. The molecule has 2 N–H and O–H groups in total. The fraction of sp³-hybridized carbons (Fsp3) is 0.500. The van der Waals surface area contributed by atoms with Crippen LogP contribution in [-0.2, 0) is 0 Å². The van der Waals surface area contributed by atoms with Crippen LogP contribution in [0.25, 0.3) is 0 Å². The molecule has 1 fully saturated rings. The minimum absolute atomic E-state index is 0.243. The summed E-state index contributed by atoms with van der Waals surface area (Å²) in [5, 5.41) is 12.5. The van der Waals surface area contributed by atoms with Gasteiger partial charge in [0.25, 0.3) is 0 Å². The summed E-state index contributed by atoms with van der Waals surface area (Å²) in [4.78, 5) is 0. The largest absolute Gasteiger partial charge is 0.392 e. The Bertz CT molecular complexity index is 284. The van der Waals surface area contributed by atoms with E-state index in [-0.39, 0.29) is 6.10 Å². The lowest BCUT2D eigenvalue weighted by Gasteiger charge is -2.06. The van der Waals surface area contributed by atoms with E-state index in [0.717, 1.165) is 0 Å². The molecule has 2 unspecified atom stereocenters. The highest BCUT2D eigenvalue weighted by molar-refractivity contribution is 5.27. The zero-order chi connectivity index (χ0) is 9.97. The number of aliphatic hydroxyl groups is 1. The summed E-state index contributed by atoms with van der Waals surface area (Å²) < 4.78 is 0. The third kappa shape index (κ3) is 2.34. The minimum Gasteiger partial charge on any atom is -0.392 e. The Balaban J connectivity index is 1.82. The average Bonchev–Trinajstić information content (AvgIpc) is 2.95. The van der Waals surface area contributed by atoms with E-state index in [1.165, 1.54) is 12.0 Å². The third-order valence-corrected chi connectivity index (χ3v) is 2.69. The Morgan fingerprint density at radius 2 is 2.14 bits per heavy atom. The van der Waals surface area contributed by atoms with Crippen LogP contribution in [0.15, 0.2) is 30.3 Å². The first-order valence-electron chi connectivity index (χ1n) is 5.24. The standard InChI is InChI=1S/C12H17NO/c1-9(14)8-13-12-7-11(12)10-5-3-2-4-6-10/h2-6,9,11-14H,7-8H2,1H3/t9-,11?,12?/m1/s1. The second-order valence-corrected chi connectivity index (χ2v) is 4.12. The summed E-state index contributed by atoms with van der Waals surface area (Å²) in [5.41, 5.74) is 1.41. The van der Waals surface area contributed by atoms with Crippen LogP contribution in [0.3, 0.4) is 0 Å². The zero-order valence-corrected chi connectivity index (χ0v) is 8.48. The van der Waals surface area contributed by atoms with Gasteiger partial charge in [-0.05, 0) is 18.9 Å². The van der Waals surface area contributed by atoms with E-state index in [9.17, 15) is 0 Å². The molecule has 1 aromatic carbocycles. The molecule has 2 heteroatoms. The first-order chi connectivity index (χ1) is 6.77. The van der Waals surface area contributed by atoms with Crippen molar-refractivity contribution < 1.29 is 5.11 Å². The number of rotatable bonds is 4. The molecule has 14 heavy (non-hydrogen) atoms. The van der Waals surface area contributed by atoms with Crippen molar-refractivity contribution in [3.05, 3.63) is 35.9 Å². The van der Waals surface area contributed by atoms with Crippen LogP contribution in [0.1, 0.15) is 24.8 Å². The maximum Gasteiger partial charge on any atom is 0.0636 e. The molecule has 2 rings (SSSR count). The van der Waals surface area contributed by atoms with Gasteiger partial charge in [-0.1, -0.05) is 30.3 Å². The summed E-state index contributed by atoms with van der Waals surface area (Å²) in [5.74, 6) is 0.662. The van der Waals surface area contributed by atoms with Gasteiger partial charge in [0.1, 0.15) is 0 Å². The van der Waals surface area contributed by atoms with E-state index in [0.29, 0.717) is 18.5 Å². The maximum atomic E-state index is 9.12. The van der Waals surface area contributed by atoms with Crippen molar-refractivity contribution in [2.75, 3.05) is 6.54 Å². The van der Waals surface area contributed by atoms with Gasteiger partial charge in [-0.2, -0.15) is 0 Å². The summed E-state index contributed by atoms with van der Waals surface area (Å²) in [7, 11) is 0. The molecule has 1 aromatic rings. The van der Waals surface area contributed by atoms with E-state index in [1.807, 2.05) is 13.0 Å². The van der Waals surface area contributed by atoms with Crippen molar-refractivity contribution in [3.8, 4) is 0 Å². The van der Waals surface area contributed by atoms with Gasteiger partial charge in [-0.25, -0.2) is 0 Å². The molecule has 0 amide bonds. The predicted octanol–water partition coefficient (Wildman–Crippen LogP) is 1.51. The molecule has 0 radical (unpaired) electrons. The highest BCUT2D eigenvalue weighted by Crippen LogP contribution is 2.40.